The van der Waals surface area contributed by atoms with Crippen LogP contribution in [0.15, 0.2) is 24.3 Å². The predicted molar refractivity (Wildman–Crippen MR) is 82.0 cm³/mol. The average Bonchev–Trinajstić information content (AvgIpc) is 2.49. The van der Waals surface area contributed by atoms with Crippen molar-refractivity contribution in [3.8, 4) is 5.75 Å². The van der Waals surface area contributed by atoms with E-state index in [2.05, 4.69) is 0 Å². The molecule has 22 heavy (non-hydrogen) atoms. The Bertz CT molecular complexity index is 503. The molecule has 1 aromatic carbocycles. The number of rotatable bonds is 9. The molecule has 0 heterocycles. The number of carboxylic acids is 1. The molecule has 0 aromatic heterocycles. The number of hydrogen-bond acceptors (Lipinski definition) is 4. The van der Waals surface area contributed by atoms with Gasteiger partial charge in [-0.1, -0.05) is 25.1 Å². The lowest BCUT2D eigenvalue weighted by atomic mass is 10.2. The van der Waals surface area contributed by atoms with E-state index in [1.807, 2.05) is 32.0 Å². The number of hydrogen-bond donors (Lipinski definition) is 1. The van der Waals surface area contributed by atoms with Crippen molar-refractivity contribution >= 4 is 11.9 Å². The van der Waals surface area contributed by atoms with Crippen LogP contribution in [0.1, 0.15) is 18.9 Å². The molecule has 0 aliphatic carbocycles. The van der Waals surface area contributed by atoms with Crippen molar-refractivity contribution in [2.75, 3.05) is 26.8 Å². The smallest absolute Gasteiger partial charge is 0.323 e. The van der Waals surface area contributed by atoms with E-state index in [-0.39, 0.29) is 25.6 Å². The van der Waals surface area contributed by atoms with Gasteiger partial charge in [-0.05, 0) is 25.0 Å². The van der Waals surface area contributed by atoms with Crippen LogP contribution in [-0.2, 0) is 14.3 Å². The standard InChI is InChI=1S/C16H23NO5/c1-4-13(22-14-8-6-5-7-12(14)2)16(20)17(9-10-21-3)11-15(18)19/h5-8,13H,4,9-11H2,1-3H3,(H,18,19). The van der Waals surface area contributed by atoms with Crippen LogP contribution in [0.4, 0.5) is 0 Å². The monoisotopic (exact) mass is 309 g/mol. The summed E-state index contributed by atoms with van der Waals surface area (Å²) in [5.74, 6) is -0.773. The molecule has 1 atom stereocenters. The van der Waals surface area contributed by atoms with Gasteiger partial charge in [-0.2, -0.15) is 0 Å². The highest BCUT2D eigenvalue weighted by molar-refractivity contribution is 5.85. The van der Waals surface area contributed by atoms with E-state index in [0.717, 1.165) is 5.56 Å². The van der Waals surface area contributed by atoms with Gasteiger partial charge in [0.15, 0.2) is 6.10 Å². The third kappa shape index (κ3) is 5.37. The second kappa shape index (κ2) is 9.04. The first-order chi connectivity index (χ1) is 10.5. The Labute approximate surface area is 130 Å². The van der Waals surface area contributed by atoms with Gasteiger partial charge in [-0.25, -0.2) is 0 Å². The Hall–Kier alpha value is -2.08. The highest BCUT2D eigenvalue weighted by Crippen LogP contribution is 2.19. The largest absolute Gasteiger partial charge is 0.480 e. The zero-order chi connectivity index (χ0) is 16.5. The number of para-hydroxylation sites is 1. The first-order valence-electron chi connectivity index (χ1n) is 7.21. The number of aryl methyl sites for hydroxylation is 1. The second-order valence-corrected chi connectivity index (χ2v) is 4.93. The van der Waals surface area contributed by atoms with Crippen LogP contribution in [0, 0.1) is 6.92 Å². The van der Waals surface area contributed by atoms with Crippen LogP contribution in [0.3, 0.4) is 0 Å². The average molecular weight is 309 g/mol. The number of carbonyl (C=O) groups excluding carboxylic acids is 1. The second-order valence-electron chi connectivity index (χ2n) is 4.93. The molecule has 6 heteroatoms. The van der Waals surface area contributed by atoms with Gasteiger partial charge in [0, 0.05) is 13.7 Å². The van der Waals surface area contributed by atoms with E-state index < -0.39 is 12.1 Å². The summed E-state index contributed by atoms with van der Waals surface area (Å²) in [7, 11) is 1.50. The molecule has 122 valence electrons. The first kappa shape index (κ1) is 18.0. The van der Waals surface area contributed by atoms with Gasteiger partial charge in [-0.3, -0.25) is 9.59 Å². The fraction of sp³-hybridized carbons (Fsp3) is 0.500. The molecule has 0 aliphatic rings. The summed E-state index contributed by atoms with van der Waals surface area (Å²) in [6.07, 6.45) is -0.256. The molecule has 1 amide bonds. The molecule has 1 unspecified atom stereocenters. The molecular weight excluding hydrogens is 286 g/mol. The summed E-state index contributed by atoms with van der Waals surface area (Å²) < 4.78 is 10.7. The molecule has 0 radical (unpaired) electrons. The Morgan fingerprint density at radius 1 is 1.32 bits per heavy atom. The van der Waals surface area contributed by atoms with E-state index in [9.17, 15) is 9.59 Å². The molecule has 0 bridgehead atoms. The maximum atomic E-state index is 12.5. The normalized spacial score (nSPS) is 11.8. The van der Waals surface area contributed by atoms with Gasteiger partial charge in [0.2, 0.25) is 0 Å². The fourth-order valence-electron chi connectivity index (χ4n) is 1.99. The SMILES string of the molecule is CCC(Oc1ccccc1C)C(=O)N(CCOC)CC(=O)O. The molecule has 6 nitrogen and oxygen atoms in total. The van der Waals surface area contributed by atoms with Gasteiger partial charge < -0.3 is 19.5 Å². The van der Waals surface area contributed by atoms with Crippen molar-refractivity contribution < 1.29 is 24.2 Å². The van der Waals surface area contributed by atoms with Gasteiger partial charge in [0.1, 0.15) is 12.3 Å². The van der Waals surface area contributed by atoms with E-state index >= 15 is 0 Å². The lowest BCUT2D eigenvalue weighted by molar-refractivity contribution is -0.148. The van der Waals surface area contributed by atoms with Gasteiger partial charge in [-0.15, -0.1) is 0 Å². The van der Waals surface area contributed by atoms with Crippen molar-refractivity contribution in [3.63, 3.8) is 0 Å². The minimum atomic E-state index is -1.06. The molecular formula is C16H23NO5. The third-order valence-electron chi connectivity index (χ3n) is 3.21. The summed E-state index contributed by atoms with van der Waals surface area (Å²) in [5.41, 5.74) is 0.926. The minimum Gasteiger partial charge on any atom is -0.480 e. The molecule has 1 aromatic rings. The Morgan fingerprint density at radius 3 is 2.55 bits per heavy atom. The van der Waals surface area contributed by atoms with Crippen LogP contribution in [-0.4, -0.2) is 54.8 Å². The minimum absolute atomic E-state index is 0.218. The summed E-state index contributed by atoms with van der Waals surface area (Å²) >= 11 is 0. The van der Waals surface area contributed by atoms with Crippen LogP contribution < -0.4 is 4.74 Å². The molecule has 0 aliphatic heterocycles. The Kier molecular flexibility index (Phi) is 7.39. The Morgan fingerprint density at radius 2 is 2.00 bits per heavy atom. The quantitative estimate of drug-likeness (QED) is 0.751. The Balaban J connectivity index is 2.83. The van der Waals surface area contributed by atoms with Crippen molar-refractivity contribution in [2.45, 2.75) is 26.4 Å². The zero-order valence-corrected chi connectivity index (χ0v) is 13.2. The van der Waals surface area contributed by atoms with Crippen LogP contribution in [0.2, 0.25) is 0 Å². The van der Waals surface area contributed by atoms with E-state index in [0.29, 0.717) is 12.2 Å². The number of carboxylic acid groups (broad SMARTS) is 1. The predicted octanol–water partition coefficient (Wildman–Crippen LogP) is 1.71. The summed E-state index contributed by atoms with van der Waals surface area (Å²) in [4.78, 5) is 24.7. The van der Waals surface area contributed by atoms with Crippen molar-refractivity contribution in [1.82, 2.24) is 4.90 Å². The topological polar surface area (TPSA) is 76.1 Å². The number of benzene rings is 1. The van der Waals surface area contributed by atoms with Crippen molar-refractivity contribution in [3.05, 3.63) is 29.8 Å². The summed E-state index contributed by atoms with van der Waals surface area (Å²) in [6, 6.07) is 7.41. The molecule has 1 rings (SSSR count). The van der Waals surface area contributed by atoms with E-state index in [1.165, 1.54) is 12.0 Å². The van der Waals surface area contributed by atoms with Crippen LogP contribution in [0.5, 0.6) is 5.75 Å². The molecule has 0 saturated carbocycles. The van der Waals surface area contributed by atoms with E-state index in [1.54, 1.807) is 6.07 Å². The molecule has 0 saturated heterocycles. The molecule has 1 N–H and O–H groups in total. The number of nitrogens with zero attached hydrogens (tertiary/aromatic N) is 1. The lowest BCUT2D eigenvalue weighted by Gasteiger charge is -2.26. The maximum absolute atomic E-state index is 12.5. The maximum Gasteiger partial charge on any atom is 0.323 e. The van der Waals surface area contributed by atoms with Crippen LogP contribution in [0.25, 0.3) is 0 Å². The van der Waals surface area contributed by atoms with E-state index in [4.69, 9.17) is 14.6 Å². The highest BCUT2D eigenvalue weighted by Gasteiger charge is 2.26. The number of ether oxygens (including phenoxy) is 2. The third-order valence-corrected chi connectivity index (χ3v) is 3.21. The molecule has 0 spiro atoms. The summed E-state index contributed by atoms with van der Waals surface area (Å²) in [6.45, 7) is 3.85. The van der Waals surface area contributed by atoms with Gasteiger partial charge in [0.05, 0.1) is 6.61 Å². The summed E-state index contributed by atoms with van der Waals surface area (Å²) in [5, 5.41) is 8.94. The number of methoxy groups -OCH3 is 1. The van der Waals surface area contributed by atoms with Gasteiger partial charge >= 0.3 is 5.97 Å². The lowest BCUT2D eigenvalue weighted by Crippen LogP contribution is -2.45. The fourth-order valence-corrected chi connectivity index (χ4v) is 1.99. The number of aliphatic carboxylic acids is 1. The zero-order valence-electron chi connectivity index (χ0n) is 13.2. The molecule has 0 fully saturated rings. The highest BCUT2D eigenvalue weighted by atomic mass is 16.5. The van der Waals surface area contributed by atoms with Crippen molar-refractivity contribution in [2.24, 2.45) is 0 Å². The number of amides is 1. The van der Waals surface area contributed by atoms with Crippen molar-refractivity contribution in [1.29, 1.82) is 0 Å². The first-order valence-corrected chi connectivity index (χ1v) is 7.21. The van der Waals surface area contributed by atoms with Gasteiger partial charge in [0.25, 0.3) is 5.91 Å². The number of carbonyl (C=O) groups is 2. The van der Waals surface area contributed by atoms with Crippen LogP contribution >= 0.6 is 0 Å².